The number of rotatable bonds is 4. The smallest absolute Gasteiger partial charge is 0.307 e. The Morgan fingerprint density at radius 2 is 2.12 bits per heavy atom. The molecule has 17 heavy (non-hydrogen) atoms. The third-order valence-electron chi connectivity index (χ3n) is 2.15. The molecule has 1 aromatic rings. The summed E-state index contributed by atoms with van der Waals surface area (Å²) in [5, 5.41) is 10.7. The molecular formula is C10H13ClN2O4. The summed E-state index contributed by atoms with van der Waals surface area (Å²) in [5.74, 6) is -0.495. The van der Waals surface area contributed by atoms with Gasteiger partial charge in [-0.15, -0.1) is 12.4 Å². The fourth-order valence-corrected chi connectivity index (χ4v) is 1.34. The Morgan fingerprint density at radius 3 is 2.65 bits per heavy atom. The van der Waals surface area contributed by atoms with Gasteiger partial charge in [-0.25, -0.2) is 0 Å². The molecule has 0 spiro atoms. The summed E-state index contributed by atoms with van der Waals surface area (Å²) >= 11 is 0. The Bertz CT molecular complexity index is 411. The molecule has 0 aliphatic carbocycles. The third-order valence-corrected chi connectivity index (χ3v) is 2.15. The lowest BCUT2D eigenvalue weighted by atomic mass is 10.0. The van der Waals surface area contributed by atoms with Gasteiger partial charge in [-0.1, -0.05) is 18.2 Å². The van der Waals surface area contributed by atoms with Gasteiger partial charge in [0.1, 0.15) is 0 Å². The van der Waals surface area contributed by atoms with Crippen molar-refractivity contribution in [1.29, 1.82) is 0 Å². The van der Waals surface area contributed by atoms with E-state index in [1.807, 2.05) is 0 Å². The number of methoxy groups -OCH3 is 1. The largest absolute Gasteiger partial charge is 0.469 e. The first kappa shape index (κ1) is 15.3. The van der Waals surface area contributed by atoms with E-state index in [1.165, 1.54) is 19.2 Å². The lowest BCUT2D eigenvalue weighted by Gasteiger charge is -2.10. The minimum Gasteiger partial charge on any atom is -0.469 e. The van der Waals surface area contributed by atoms with Gasteiger partial charge in [-0.3, -0.25) is 14.9 Å². The normalized spacial score (nSPS) is 11.2. The number of halogens is 1. The van der Waals surface area contributed by atoms with Gasteiger partial charge in [0.2, 0.25) is 0 Å². The van der Waals surface area contributed by atoms with Crippen LogP contribution in [0.15, 0.2) is 24.3 Å². The minimum absolute atomic E-state index is 0. The van der Waals surface area contributed by atoms with Crippen LogP contribution in [0.3, 0.4) is 0 Å². The van der Waals surface area contributed by atoms with Crippen LogP contribution >= 0.6 is 12.4 Å². The van der Waals surface area contributed by atoms with Crippen LogP contribution in [0.1, 0.15) is 18.0 Å². The summed E-state index contributed by atoms with van der Waals surface area (Å²) in [6.45, 7) is 0. The van der Waals surface area contributed by atoms with Crippen molar-refractivity contribution in [2.45, 2.75) is 12.5 Å². The fourth-order valence-electron chi connectivity index (χ4n) is 1.34. The molecule has 0 amide bonds. The van der Waals surface area contributed by atoms with Crippen molar-refractivity contribution in [1.82, 2.24) is 0 Å². The van der Waals surface area contributed by atoms with Gasteiger partial charge < -0.3 is 10.5 Å². The van der Waals surface area contributed by atoms with Crippen LogP contribution in [0.25, 0.3) is 0 Å². The Balaban J connectivity index is 0.00000256. The number of nitro groups is 1. The van der Waals surface area contributed by atoms with Crippen LogP contribution < -0.4 is 5.73 Å². The van der Waals surface area contributed by atoms with E-state index in [-0.39, 0.29) is 24.5 Å². The first-order chi connectivity index (χ1) is 7.56. The molecule has 7 heteroatoms. The summed E-state index contributed by atoms with van der Waals surface area (Å²) < 4.78 is 4.45. The number of hydrogen-bond donors (Lipinski definition) is 1. The average Bonchev–Trinajstić information content (AvgIpc) is 2.28. The number of carbonyl (C=O) groups excluding carboxylic acids is 1. The lowest BCUT2D eigenvalue weighted by molar-refractivity contribution is -0.385. The number of carbonyl (C=O) groups is 1. The van der Waals surface area contributed by atoms with Crippen LogP contribution in [0.4, 0.5) is 5.69 Å². The Hall–Kier alpha value is -1.66. The van der Waals surface area contributed by atoms with Crippen molar-refractivity contribution in [3.05, 3.63) is 39.9 Å². The highest BCUT2D eigenvalue weighted by Crippen LogP contribution is 2.25. The molecule has 0 bridgehead atoms. The van der Waals surface area contributed by atoms with E-state index in [1.54, 1.807) is 12.1 Å². The molecule has 0 saturated heterocycles. The van der Waals surface area contributed by atoms with E-state index in [0.29, 0.717) is 5.56 Å². The van der Waals surface area contributed by atoms with E-state index >= 15 is 0 Å². The lowest BCUT2D eigenvalue weighted by Crippen LogP contribution is -2.17. The van der Waals surface area contributed by atoms with Gasteiger partial charge >= 0.3 is 5.97 Å². The number of para-hydroxylation sites is 1. The molecular weight excluding hydrogens is 248 g/mol. The highest BCUT2D eigenvalue weighted by atomic mass is 35.5. The predicted octanol–water partition coefficient (Wildman–Crippen LogP) is 1.58. The first-order valence-electron chi connectivity index (χ1n) is 4.62. The molecule has 0 fully saturated rings. The Kier molecular flexibility index (Phi) is 6.16. The molecule has 1 atom stereocenters. The maximum Gasteiger partial charge on any atom is 0.307 e. The van der Waals surface area contributed by atoms with Crippen LogP contribution in [-0.2, 0) is 9.53 Å². The second kappa shape index (κ2) is 6.82. The van der Waals surface area contributed by atoms with Crippen LogP contribution in [0.5, 0.6) is 0 Å². The molecule has 0 unspecified atom stereocenters. The number of esters is 1. The van der Waals surface area contributed by atoms with Gasteiger partial charge in [-0.2, -0.15) is 0 Å². The SMILES string of the molecule is COC(=O)C[C@@H](N)c1ccccc1[N+](=O)[O-].Cl. The Labute approximate surface area is 104 Å². The van der Waals surface area contributed by atoms with E-state index in [4.69, 9.17) is 5.73 Å². The number of benzene rings is 1. The van der Waals surface area contributed by atoms with Gasteiger partial charge in [0.25, 0.3) is 5.69 Å². The van der Waals surface area contributed by atoms with E-state index < -0.39 is 16.9 Å². The molecule has 2 N–H and O–H groups in total. The molecule has 0 saturated carbocycles. The van der Waals surface area contributed by atoms with Crippen LogP contribution in [0.2, 0.25) is 0 Å². The second-order valence-electron chi connectivity index (χ2n) is 3.20. The fraction of sp³-hybridized carbons (Fsp3) is 0.300. The molecule has 6 nitrogen and oxygen atoms in total. The second-order valence-corrected chi connectivity index (χ2v) is 3.20. The molecule has 0 radical (unpaired) electrons. The number of nitro benzene ring substituents is 1. The van der Waals surface area contributed by atoms with Crippen molar-refractivity contribution in [3.8, 4) is 0 Å². The summed E-state index contributed by atoms with van der Waals surface area (Å²) in [7, 11) is 1.24. The monoisotopic (exact) mass is 260 g/mol. The summed E-state index contributed by atoms with van der Waals surface area (Å²) in [4.78, 5) is 21.2. The standard InChI is InChI=1S/C10H12N2O4.ClH/c1-16-10(13)6-8(11)7-4-2-3-5-9(7)12(14)15;/h2-5,8H,6,11H2,1H3;1H/t8-;/m1./s1. The summed E-state index contributed by atoms with van der Waals surface area (Å²) in [5.41, 5.74) is 5.95. The van der Waals surface area contributed by atoms with E-state index in [9.17, 15) is 14.9 Å². The van der Waals surface area contributed by atoms with Crippen molar-refractivity contribution in [3.63, 3.8) is 0 Å². The zero-order valence-electron chi connectivity index (χ0n) is 9.16. The number of ether oxygens (including phenoxy) is 1. The Morgan fingerprint density at radius 1 is 1.53 bits per heavy atom. The van der Waals surface area contributed by atoms with Crippen molar-refractivity contribution >= 4 is 24.1 Å². The van der Waals surface area contributed by atoms with Gasteiger partial charge in [0.05, 0.1) is 18.5 Å². The predicted molar refractivity (Wildman–Crippen MR) is 63.9 cm³/mol. The van der Waals surface area contributed by atoms with Crippen LogP contribution in [0, 0.1) is 10.1 Å². The molecule has 0 heterocycles. The number of nitrogens with zero attached hydrogens (tertiary/aromatic N) is 1. The topological polar surface area (TPSA) is 95.5 Å². The molecule has 94 valence electrons. The van der Waals surface area contributed by atoms with Gasteiger partial charge in [0.15, 0.2) is 0 Å². The van der Waals surface area contributed by atoms with Gasteiger partial charge in [-0.05, 0) is 0 Å². The molecule has 0 aliphatic heterocycles. The zero-order valence-corrected chi connectivity index (χ0v) is 9.98. The van der Waals surface area contributed by atoms with E-state index in [0.717, 1.165) is 0 Å². The minimum atomic E-state index is -0.728. The van der Waals surface area contributed by atoms with Crippen molar-refractivity contribution in [2.75, 3.05) is 7.11 Å². The van der Waals surface area contributed by atoms with Crippen molar-refractivity contribution < 1.29 is 14.5 Å². The first-order valence-corrected chi connectivity index (χ1v) is 4.62. The van der Waals surface area contributed by atoms with E-state index in [2.05, 4.69) is 4.74 Å². The number of nitrogens with two attached hydrogens (primary N) is 1. The molecule has 0 aromatic heterocycles. The highest BCUT2D eigenvalue weighted by molar-refractivity contribution is 5.85. The molecule has 1 rings (SSSR count). The molecule has 0 aliphatic rings. The summed E-state index contributed by atoms with van der Waals surface area (Å²) in [6, 6.07) is 5.35. The maximum absolute atomic E-state index is 11.0. The average molecular weight is 261 g/mol. The maximum atomic E-state index is 11.0. The third kappa shape index (κ3) is 4.01. The number of hydrogen-bond acceptors (Lipinski definition) is 5. The quantitative estimate of drug-likeness (QED) is 0.504. The zero-order chi connectivity index (χ0) is 12.1. The molecule has 1 aromatic carbocycles. The summed E-state index contributed by atoms with van der Waals surface area (Å²) in [6.07, 6.45) is -0.0820. The van der Waals surface area contributed by atoms with Crippen LogP contribution in [-0.4, -0.2) is 18.0 Å². The van der Waals surface area contributed by atoms with Gasteiger partial charge in [0, 0.05) is 17.7 Å². The highest BCUT2D eigenvalue weighted by Gasteiger charge is 2.20. The van der Waals surface area contributed by atoms with Crippen molar-refractivity contribution in [2.24, 2.45) is 5.73 Å².